The normalized spacial score (nSPS) is 14.2. The lowest BCUT2D eigenvalue weighted by atomic mass is 9.95. The number of amides is 1. The van der Waals surface area contributed by atoms with E-state index in [1.54, 1.807) is 18.2 Å². The minimum Gasteiger partial charge on any atom is -0.486 e. The van der Waals surface area contributed by atoms with Gasteiger partial charge in [-0.25, -0.2) is 0 Å². The molecule has 1 N–H and O–H groups in total. The van der Waals surface area contributed by atoms with Gasteiger partial charge in [0.25, 0.3) is 0 Å². The van der Waals surface area contributed by atoms with E-state index in [9.17, 15) is 4.79 Å². The minimum absolute atomic E-state index is 0.179. The number of aromatic nitrogens is 3. The summed E-state index contributed by atoms with van der Waals surface area (Å²) < 4.78 is 8.15. The van der Waals surface area contributed by atoms with Crippen molar-refractivity contribution in [3.63, 3.8) is 0 Å². The van der Waals surface area contributed by atoms with Crippen LogP contribution < -0.4 is 10.1 Å². The van der Waals surface area contributed by atoms with Gasteiger partial charge in [0.2, 0.25) is 5.91 Å². The third kappa shape index (κ3) is 6.39. The van der Waals surface area contributed by atoms with E-state index >= 15 is 0 Å². The highest BCUT2D eigenvalue weighted by Gasteiger charge is 2.24. The molecule has 0 radical (unpaired) electrons. The molecule has 1 amide bonds. The molecule has 3 aromatic rings. The van der Waals surface area contributed by atoms with Crippen molar-refractivity contribution in [1.82, 2.24) is 14.8 Å². The molecule has 0 spiro atoms. The minimum atomic E-state index is -0.179. The van der Waals surface area contributed by atoms with Crippen LogP contribution in [0, 0.1) is 6.92 Å². The molecule has 1 saturated carbocycles. The SMILES string of the molecule is Cc1cc(OCc2nnc(SCC(=O)Nc3ccc(Cl)cc3Cl)n2C2CCCCC2)ccc1Cl. The van der Waals surface area contributed by atoms with Gasteiger partial charge < -0.3 is 10.1 Å². The Morgan fingerprint density at radius 3 is 2.62 bits per heavy atom. The fourth-order valence-corrected chi connectivity index (χ4v) is 5.37. The molecule has 10 heteroatoms. The van der Waals surface area contributed by atoms with E-state index in [1.807, 2.05) is 25.1 Å². The van der Waals surface area contributed by atoms with Gasteiger partial charge in [-0.2, -0.15) is 0 Å². The van der Waals surface area contributed by atoms with E-state index in [4.69, 9.17) is 39.5 Å². The first-order valence-corrected chi connectivity index (χ1v) is 13.2. The van der Waals surface area contributed by atoms with Crippen LogP contribution in [0.5, 0.6) is 5.75 Å². The molecule has 4 rings (SSSR count). The molecule has 1 aliphatic rings. The maximum atomic E-state index is 12.6. The van der Waals surface area contributed by atoms with Crippen LogP contribution in [-0.4, -0.2) is 26.4 Å². The summed E-state index contributed by atoms with van der Waals surface area (Å²) >= 11 is 19.6. The fourth-order valence-electron chi connectivity index (χ4n) is 3.97. The molecule has 180 valence electrons. The topological polar surface area (TPSA) is 69.0 Å². The fraction of sp³-hybridized carbons (Fsp3) is 0.375. The largest absolute Gasteiger partial charge is 0.486 e. The predicted molar refractivity (Wildman–Crippen MR) is 138 cm³/mol. The number of hydrogen-bond acceptors (Lipinski definition) is 5. The molecule has 0 bridgehead atoms. The summed E-state index contributed by atoms with van der Waals surface area (Å²) in [7, 11) is 0. The lowest BCUT2D eigenvalue weighted by molar-refractivity contribution is -0.113. The van der Waals surface area contributed by atoms with Gasteiger partial charge in [-0.15, -0.1) is 10.2 Å². The van der Waals surface area contributed by atoms with Crippen LogP contribution in [0.4, 0.5) is 5.69 Å². The first-order chi connectivity index (χ1) is 16.4. The summed E-state index contributed by atoms with van der Waals surface area (Å²) in [6, 6.07) is 10.8. The Hall–Kier alpha value is -1.93. The van der Waals surface area contributed by atoms with Crippen LogP contribution in [0.15, 0.2) is 41.6 Å². The number of thioether (sulfide) groups is 1. The summed E-state index contributed by atoms with van der Waals surface area (Å²) in [6.07, 6.45) is 5.69. The Kier molecular flexibility index (Phi) is 8.64. The maximum Gasteiger partial charge on any atom is 0.234 e. The molecular weight excluding hydrogens is 515 g/mol. The first-order valence-electron chi connectivity index (χ1n) is 11.1. The smallest absolute Gasteiger partial charge is 0.234 e. The quantitative estimate of drug-likeness (QED) is 0.303. The molecule has 1 aromatic heterocycles. The molecule has 1 fully saturated rings. The number of halogens is 3. The van der Waals surface area contributed by atoms with E-state index in [1.165, 1.54) is 31.0 Å². The van der Waals surface area contributed by atoms with Crippen molar-refractivity contribution in [3.8, 4) is 5.75 Å². The number of carbonyl (C=O) groups is 1. The highest BCUT2D eigenvalue weighted by molar-refractivity contribution is 7.99. The van der Waals surface area contributed by atoms with Crippen molar-refractivity contribution in [2.75, 3.05) is 11.1 Å². The van der Waals surface area contributed by atoms with Gasteiger partial charge in [-0.05, 0) is 61.7 Å². The third-order valence-corrected chi connectivity index (χ3v) is 7.62. The zero-order valence-electron chi connectivity index (χ0n) is 18.7. The van der Waals surface area contributed by atoms with Crippen LogP contribution >= 0.6 is 46.6 Å². The standard InChI is InChI=1S/C24H25Cl3N4O2S/c1-15-11-18(8-9-19(15)26)33-13-22-29-30-24(31(22)17-5-3-2-4-6-17)34-14-23(32)28-21-10-7-16(25)12-20(21)27/h7-12,17H,2-6,13-14H2,1H3,(H,28,32). The van der Waals surface area contributed by atoms with Gasteiger partial charge in [0, 0.05) is 16.1 Å². The third-order valence-electron chi connectivity index (χ3n) is 5.71. The number of anilines is 1. The van der Waals surface area contributed by atoms with Crippen LogP contribution in [0.1, 0.15) is 49.5 Å². The molecule has 34 heavy (non-hydrogen) atoms. The van der Waals surface area contributed by atoms with Gasteiger partial charge in [0.15, 0.2) is 11.0 Å². The lowest BCUT2D eigenvalue weighted by Crippen LogP contribution is -2.19. The summed E-state index contributed by atoms with van der Waals surface area (Å²) in [5.41, 5.74) is 1.48. The second kappa shape index (κ2) is 11.7. The number of carbonyl (C=O) groups excluding carboxylic acids is 1. The Morgan fingerprint density at radius 1 is 1.09 bits per heavy atom. The number of aryl methyl sites for hydroxylation is 1. The first kappa shape index (κ1) is 25.2. The number of nitrogens with zero attached hydrogens (tertiary/aromatic N) is 3. The number of hydrogen-bond donors (Lipinski definition) is 1. The summed E-state index contributed by atoms with van der Waals surface area (Å²) in [5, 5.41) is 14.0. The number of ether oxygens (including phenoxy) is 1. The predicted octanol–water partition coefficient (Wildman–Crippen LogP) is 7.36. The van der Waals surface area contributed by atoms with Gasteiger partial charge in [-0.1, -0.05) is 65.8 Å². The number of rotatable bonds is 8. The highest BCUT2D eigenvalue weighted by atomic mass is 35.5. The highest BCUT2D eigenvalue weighted by Crippen LogP contribution is 2.33. The number of benzene rings is 2. The molecule has 0 saturated heterocycles. The monoisotopic (exact) mass is 538 g/mol. The summed E-state index contributed by atoms with van der Waals surface area (Å²) in [6.45, 7) is 2.23. The molecule has 0 unspecified atom stereocenters. The van der Waals surface area contributed by atoms with E-state index in [0.717, 1.165) is 35.1 Å². The van der Waals surface area contributed by atoms with E-state index in [-0.39, 0.29) is 18.3 Å². The molecule has 0 aliphatic heterocycles. The second-order valence-electron chi connectivity index (χ2n) is 8.22. The van der Waals surface area contributed by atoms with Crippen molar-refractivity contribution in [2.45, 2.75) is 56.8 Å². The van der Waals surface area contributed by atoms with Crippen molar-refractivity contribution in [3.05, 3.63) is 62.9 Å². The van der Waals surface area contributed by atoms with Gasteiger partial charge in [-0.3, -0.25) is 9.36 Å². The summed E-state index contributed by atoms with van der Waals surface area (Å²) in [4.78, 5) is 12.6. The van der Waals surface area contributed by atoms with E-state index in [2.05, 4.69) is 20.1 Å². The second-order valence-corrected chi connectivity index (χ2v) is 10.4. The molecular formula is C24H25Cl3N4O2S. The summed E-state index contributed by atoms with van der Waals surface area (Å²) in [5.74, 6) is 1.49. The zero-order chi connectivity index (χ0) is 24.1. The Labute approximate surface area is 218 Å². The van der Waals surface area contributed by atoms with E-state index in [0.29, 0.717) is 26.8 Å². The maximum absolute atomic E-state index is 12.6. The van der Waals surface area contributed by atoms with Gasteiger partial charge in [0.1, 0.15) is 12.4 Å². The Balaban J connectivity index is 1.46. The average molecular weight is 540 g/mol. The molecule has 0 atom stereocenters. The van der Waals surface area contributed by atoms with Crippen LogP contribution in [0.3, 0.4) is 0 Å². The average Bonchev–Trinajstić information content (AvgIpc) is 3.23. The van der Waals surface area contributed by atoms with Crippen LogP contribution in [-0.2, 0) is 11.4 Å². The van der Waals surface area contributed by atoms with Crippen LogP contribution in [0.2, 0.25) is 15.1 Å². The molecule has 1 heterocycles. The molecule has 2 aromatic carbocycles. The molecule has 6 nitrogen and oxygen atoms in total. The van der Waals surface area contributed by atoms with E-state index < -0.39 is 0 Å². The van der Waals surface area contributed by atoms with Crippen molar-refractivity contribution >= 4 is 58.2 Å². The van der Waals surface area contributed by atoms with Crippen molar-refractivity contribution in [1.29, 1.82) is 0 Å². The lowest BCUT2D eigenvalue weighted by Gasteiger charge is -2.25. The van der Waals surface area contributed by atoms with Gasteiger partial charge in [0.05, 0.1) is 16.5 Å². The van der Waals surface area contributed by atoms with Crippen molar-refractivity contribution in [2.24, 2.45) is 0 Å². The Morgan fingerprint density at radius 2 is 1.88 bits per heavy atom. The Bertz CT molecular complexity index is 1170. The van der Waals surface area contributed by atoms with Gasteiger partial charge >= 0.3 is 0 Å². The zero-order valence-corrected chi connectivity index (χ0v) is 21.8. The molecule has 1 aliphatic carbocycles. The van der Waals surface area contributed by atoms with Crippen LogP contribution in [0.25, 0.3) is 0 Å². The number of nitrogens with one attached hydrogen (secondary N) is 1. The van der Waals surface area contributed by atoms with Crippen molar-refractivity contribution < 1.29 is 9.53 Å².